The molecule has 0 saturated heterocycles. The molecular formula is C17H17N3OS. The van der Waals surface area contributed by atoms with Crippen molar-refractivity contribution in [3.63, 3.8) is 0 Å². The number of benzene rings is 1. The van der Waals surface area contributed by atoms with Crippen molar-refractivity contribution in [2.24, 2.45) is 0 Å². The van der Waals surface area contributed by atoms with Gasteiger partial charge >= 0.3 is 0 Å². The van der Waals surface area contributed by atoms with Crippen LogP contribution in [-0.2, 0) is 24.2 Å². The second kappa shape index (κ2) is 7.04. The van der Waals surface area contributed by atoms with Gasteiger partial charge in [0.05, 0.1) is 12.6 Å². The van der Waals surface area contributed by atoms with Crippen LogP contribution in [0.4, 0.5) is 5.82 Å². The van der Waals surface area contributed by atoms with Crippen LogP contribution in [0.2, 0.25) is 0 Å². The van der Waals surface area contributed by atoms with Crippen molar-refractivity contribution in [1.29, 1.82) is 0 Å². The molecule has 3 aromatic rings. The Bertz CT molecular complexity index is 719. The van der Waals surface area contributed by atoms with Crippen LogP contribution in [0.5, 0.6) is 0 Å². The Morgan fingerprint density at radius 1 is 1.14 bits per heavy atom. The molecule has 0 aliphatic rings. The quantitative estimate of drug-likeness (QED) is 0.758. The number of carbonyl (C=O) groups is 1. The van der Waals surface area contributed by atoms with Gasteiger partial charge in [-0.1, -0.05) is 36.4 Å². The van der Waals surface area contributed by atoms with Crippen LogP contribution in [0.15, 0.2) is 60.1 Å². The smallest absolute Gasteiger partial charge is 0.230 e. The molecule has 0 unspecified atom stereocenters. The predicted molar refractivity (Wildman–Crippen MR) is 89.0 cm³/mol. The lowest BCUT2D eigenvalue weighted by atomic mass is 10.1. The maximum atomic E-state index is 12.1. The summed E-state index contributed by atoms with van der Waals surface area (Å²) in [5.41, 5.74) is 1.26. The summed E-state index contributed by atoms with van der Waals surface area (Å²) in [6.07, 6.45) is 3.00. The first kappa shape index (κ1) is 14.5. The molecule has 0 aliphatic heterocycles. The summed E-state index contributed by atoms with van der Waals surface area (Å²) < 4.78 is 1.83. The molecule has 22 heavy (non-hydrogen) atoms. The van der Waals surface area contributed by atoms with Crippen LogP contribution in [0.25, 0.3) is 0 Å². The third-order valence-electron chi connectivity index (χ3n) is 3.35. The summed E-state index contributed by atoms with van der Waals surface area (Å²) in [6.45, 7) is 0.742. The summed E-state index contributed by atoms with van der Waals surface area (Å²) in [4.78, 5) is 13.1. The molecule has 1 amide bonds. The maximum Gasteiger partial charge on any atom is 0.230 e. The van der Waals surface area contributed by atoms with Crippen molar-refractivity contribution >= 4 is 23.1 Å². The Kier molecular flexibility index (Phi) is 4.65. The third kappa shape index (κ3) is 3.83. The van der Waals surface area contributed by atoms with Crippen molar-refractivity contribution in [2.45, 2.75) is 19.4 Å². The van der Waals surface area contributed by atoms with Crippen LogP contribution in [-0.4, -0.2) is 15.7 Å². The van der Waals surface area contributed by atoms with Gasteiger partial charge in [0.2, 0.25) is 5.91 Å². The first-order valence-electron chi connectivity index (χ1n) is 7.19. The number of aryl methyl sites for hydroxylation is 2. The molecule has 2 aromatic heterocycles. The molecule has 3 rings (SSSR count). The van der Waals surface area contributed by atoms with Gasteiger partial charge in [-0.2, -0.15) is 5.10 Å². The van der Waals surface area contributed by atoms with E-state index in [1.165, 1.54) is 5.56 Å². The van der Waals surface area contributed by atoms with Crippen LogP contribution < -0.4 is 5.32 Å². The van der Waals surface area contributed by atoms with E-state index >= 15 is 0 Å². The highest BCUT2D eigenvalue weighted by Gasteiger charge is 2.08. The summed E-state index contributed by atoms with van der Waals surface area (Å²) >= 11 is 1.59. The van der Waals surface area contributed by atoms with Gasteiger partial charge in [0, 0.05) is 17.5 Å². The number of carbonyl (C=O) groups excluding carboxylic acids is 1. The summed E-state index contributed by atoms with van der Waals surface area (Å²) in [5, 5.41) is 9.20. The van der Waals surface area contributed by atoms with E-state index in [4.69, 9.17) is 0 Å². The molecular weight excluding hydrogens is 294 g/mol. The Balaban J connectivity index is 1.58. The first-order chi connectivity index (χ1) is 10.8. The van der Waals surface area contributed by atoms with E-state index in [0.717, 1.165) is 23.7 Å². The van der Waals surface area contributed by atoms with E-state index in [1.807, 2.05) is 46.5 Å². The van der Waals surface area contributed by atoms with Gasteiger partial charge < -0.3 is 5.32 Å². The zero-order valence-electron chi connectivity index (χ0n) is 12.1. The van der Waals surface area contributed by atoms with E-state index in [1.54, 1.807) is 17.5 Å². The van der Waals surface area contributed by atoms with Gasteiger partial charge in [0.25, 0.3) is 0 Å². The van der Waals surface area contributed by atoms with E-state index in [0.29, 0.717) is 6.42 Å². The molecule has 0 radical (unpaired) electrons. The fraction of sp³-hybridized carbons (Fsp3) is 0.176. The lowest BCUT2D eigenvalue weighted by molar-refractivity contribution is -0.115. The molecule has 2 heterocycles. The van der Waals surface area contributed by atoms with Gasteiger partial charge in [-0.25, -0.2) is 4.68 Å². The van der Waals surface area contributed by atoms with Crippen LogP contribution in [0.3, 0.4) is 0 Å². The maximum absolute atomic E-state index is 12.1. The Labute approximate surface area is 133 Å². The number of rotatable bonds is 6. The van der Waals surface area contributed by atoms with E-state index in [2.05, 4.69) is 22.5 Å². The molecule has 0 saturated carbocycles. The highest BCUT2D eigenvalue weighted by molar-refractivity contribution is 7.10. The molecule has 0 bridgehead atoms. The zero-order valence-corrected chi connectivity index (χ0v) is 12.9. The molecule has 0 fully saturated rings. The molecule has 5 heteroatoms. The standard InChI is InChI=1S/C17H17N3OS/c21-17(13-15-7-4-12-22-15)19-16-8-10-18-20(16)11-9-14-5-2-1-3-6-14/h1-8,10,12H,9,11,13H2,(H,19,21). The van der Waals surface area contributed by atoms with E-state index in [-0.39, 0.29) is 5.91 Å². The number of amides is 1. The molecule has 1 aromatic carbocycles. The fourth-order valence-electron chi connectivity index (χ4n) is 2.26. The van der Waals surface area contributed by atoms with Crippen LogP contribution >= 0.6 is 11.3 Å². The average Bonchev–Trinajstić information content (AvgIpc) is 3.18. The Morgan fingerprint density at radius 2 is 2.00 bits per heavy atom. The average molecular weight is 311 g/mol. The number of aromatic nitrogens is 2. The Morgan fingerprint density at radius 3 is 2.77 bits per heavy atom. The van der Waals surface area contributed by atoms with Gasteiger partial charge in [0.15, 0.2) is 0 Å². The van der Waals surface area contributed by atoms with Crippen molar-refractivity contribution in [1.82, 2.24) is 9.78 Å². The Hall–Kier alpha value is -2.40. The SMILES string of the molecule is O=C(Cc1cccs1)Nc1ccnn1CCc1ccccc1. The third-order valence-corrected chi connectivity index (χ3v) is 4.23. The van der Waals surface area contributed by atoms with Crippen molar-refractivity contribution in [3.8, 4) is 0 Å². The van der Waals surface area contributed by atoms with E-state index < -0.39 is 0 Å². The number of hydrogen-bond donors (Lipinski definition) is 1. The van der Waals surface area contributed by atoms with Gasteiger partial charge in [0.1, 0.15) is 5.82 Å². The molecule has 4 nitrogen and oxygen atoms in total. The van der Waals surface area contributed by atoms with E-state index in [9.17, 15) is 4.79 Å². The fourth-order valence-corrected chi connectivity index (χ4v) is 2.96. The summed E-state index contributed by atoms with van der Waals surface area (Å²) in [6, 6.07) is 16.0. The topological polar surface area (TPSA) is 46.9 Å². The predicted octanol–water partition coefficient (Wildman–Crippen LogP) is 3.37. The highest BCUT2D eigenvalue weighted by Crippen LogP contribution is 2.12. The second-order valence-corrected chi connectivity index (χ2v) is 6.01. The lowest BCUT2D eigenvalue weighted by Crippen LogP contribution is -2.17. The van der Waals surface area contributed by atoms with Gasteiger partial charge in [-0.15, -0.1) is 11.3 Å². The molecule has 1 N–H and O–H groups in total. The minimum Gasteiger partial charge on any atom is -0.311 e. The largest absolute Gasteiger partial charge is 0.311 e. The normalized spacial score (nSPS) is 10.5. The zero-order chi connectivity index (χ0) is 15.2. The van der Waals surface area contributed by atoms with Crippen LogP contribution in [0.1, 0.15) is 10.4 Å². The number of anilines is 1. The number of hydrogen-bond acceptors (Lipinski definition) is 3. The summed E-state index contributed by atoms with van der Waals surface area (Å²) in [5.74, 6) is 0.737. The van der Waals surface area contributed by atoms with Crippen molar-refractivity contribution in [3.05, 3.63) is 70.5 Å². The minimum absolute atomic E-state index is 0.0103. The lowest BCUT2D eigenvalue weighted by Gasteiger charge is -2.09. The number of nitrogens with zero attached hydrogens (tertiary/aromatic N) is 2. The monoisotopic (exact) mass is 311 g/mol. The van der Waals surface area contributed by atoms with Gasteiger partial charge in [-0.3, -0.25) is 4.79 Å². The molecule has 0 spiro atoms. The second-order valence-electron chi connectivity index (χ2n) is 4.98. The molecule has 112 valence electrons. The first-order valence-corrected chi connectivity index (χ1v) is 8.07. The highest BCUT2D eigenvalue weighted by atomic mass is 32.1. The number of thiophene rings is 1. The number of nitrogens with one attached hydrogen (secondary N) is 1. The van der Waals surface area contributed by atoms with Crippen molar-refractivity contribution in [2.75, 3.05) is 5.32 Å². The molecule has 0 atom stereocenters. The van der Waals surface area contributed by atoms with Crippen LogP contribution in [0, 0.1) is 0 Å². The summed E-state index contributed by atoms with van der Waals surface area (Å²) in [7, 11) is 0. The minimum atomic E-state index is -0.0103. The van der Waals surface area contributed by atoms with Gasteiger partial charge in [-0.05, 0) is 23.4 Å². The van der Waals surface area contributed by atoms with Crippen molar-refractivity contribution < 1.29 is 4.79 Å². The molecule has 0 aliphatic carbocycles.